The van der Waals surface area contributed by atoms with Crippen molar-refractivity contribution >= 4 is 34.5 Å². The Hall–Kier alpha value is -4.59. The van der Waals surface area contributed by atoms with Crippen LogP contribution < -0.4 is 21.7 Å². The summed E-state index contributed by atoms with van der Waals surface area (Å²) in [5.74, 6) is -2.94. The molecular formula is C24H25FN8O5. The van der Waals surface area contributed by atoms with Gasteiger partial charge in [-0.25, -0.2) is 18.7 Å². The zero-order valence-electron chi connectivity index (χ0n) is 20.7. The van der Waals surface area contributed by atoms with Crippen molar-refractivity contribution in [3.63, 3.8) is 0 Å². The molecule has 0 radical (unpaired) electrons. The quantitative estimate of drug-likeness (QED) is 0.313. The van der Waals surface area contributed by atoms with E-state index in [1.54, 1.807) is 37.1 Å². The van der Waals surface area contributed by atoms with E-state index in [9.17, 15) is 23.6 Å². The van der Waals surface area contributed by atoms with Crippen LogP contribution in [-0.4, -0.2) is 74.0 Å². The predicted octanol–water partition coefficient (Wildman–Crippen LogP) is -0.207. The highest BCUT2D eigenvalue weighted by Crippen LogP contribution is 2.15. The first kappa shape index (κ1) is 25.1. The van der Waals surface area contributed by atoms with E-state index in [0.29, 0.717) is 42.8 Å². The first-order valence-electron chi connectivity index (χ1n) is 11.9. The van der Waals surface area contributed by atoms with Crippen LogP contribution in [-0.2, 0) is 18.4 Å². The van der Waals surface area contributed by atoms with Gasteiger partial charge in [0, 0.05) is 45.8 Å². The Morgan fingerprint density at radius 1 is 1.18 bits per heavy atom. The number of rotatable bonds is 6. The molecule has 1 aliphatic heterocycles. The SMILES string of the molecule is C[C@H](NC(=O)c1cc(C(=O)NCc2ccc3oc(=O)n(C)c3c2)nc2c(F)cnn12)C(=O)N1CCNCC1. The van der Waals surface area contributed by atoms with Gasteiger partial charge in [-0.1, -0.05) is 6.07 Å². The second kappa shape index (κ2) is 10.0. The number of amides is 3. The lowest BCUT2D eigenvalue weighted by Gasteiger charge is -2.30. The Bertz CT molecular complexity index is 1620. The summed E-state index contributed by atoms with van der Waals surface area (Å²) in [6.45, 7) is 4.01. The number of benzene rings is 1. The van der Waals surface area contributed by atoms with Crippen LogP contribution in [0.3, 0.4) is 0 Å². The third kappa shape index (κ3) is 4.72. The summed E-state index contributed by atoms with van der Waals surface area (Å²) in [5.41, 5.74) is 0.983. The molecule has 0 spiro atoms. The minimum atomic E-state index is -0.852. The number of carbonyl (C=O) groups excluding carboxylic acids is 3. The highest BCUT2D eigenvalue weighted by Gasteiger charge is 2.26. The monoisotopic (exact) mass is 524 g/mol. The molecule has 1 atom stereocenters. The number of aryl methyl sites for hydroxylation is 1. The average Bonchev–Trinajstić information content (AvgIpc) is 3.44. The Kier molecular flexibility index (Phi) is 6.63. The standard InChI is InChI=1S/C24H25FN8O5/c1-13(23(36)32-7-5-26-6-8-32)29-22(35)18-10-16(30-20-15(25)12-28-33(18)20)21(34)27-11-14-3-4-19-17(9-14)31(2)24(37)38-19/h3-4,9-10,12-13,26H,5-8,11H2,1-2H3,(H,27,34)(H,29,35)/t13-/m0/s1. The maximum absolute atomic E-state index is 14.4. The van der Waals surface area contributed by atoms with E-state index in [4.69, 9.17) is 4.42 Å². The molecule has 0 saturated carbocycles. The fourth-order valence-electron chi connectivity index (χ4n) is 4.26. The van der Waals surface area contributed by atoms with E-state index < -0.39 is 29.4 Å². The summed E-state index contributed by atoms with van der Waals surface area (Å²) in [4.78, 5) is 56.2. The molecule has 3 N–H and O–H groups in total. The third-order valence-corrected chi connectivity index (χ3v) is 6.35. The number of carbonyl (C=O) groups is 3. The molecule has 3 amide bonds. The molecule has 38 heavy (non-hydrogen) atoms. The Morgan fingerprint density at radius 2 is 1.95 bits per heavy atom. The molecule has 0 aliphatic carbocycles. The van der Waals surface area contributed by atoms with Gasteiger partial charge in [-0.3, -0.25) is 19.0 Å². The summed E-state index contributed by atoms with van der Waals surface area (Å²) in [7, 11) is 1.57. The van der Waals surface area contributed by atoms with E-state index in [2.05, 4.69) is 26.0 Å². The van der Waals surface area contributed by atoms with Gasteiger partial charge in [0.1, 0.15) is 17.4 Å². The lowest BCUT2D eigenvalue weighted by atomic mass is 10.2. The maximum Gasteiger partial charge on any atom is 0.419 e. The van der Waals surface area contributed by atoms with Crippen molar-refractivity contribution in [2.24, 2.45) is 7.05 Å². The number of halogens is 1. The molecular weight excluding hydrogens is 499 g/mol. The summed E-state index contributed by atoms with van der Waals surface area (Å²) < 4.78 is 21.8. The van der Waals surface area contributed by atoms with E-state index in [1.807, 2.05) is 0 Å². The Balaban J connectivity index is 1.35. The third-order valence-electron chi connectivity index (χ3n) is 6.35. The summed E-state index contributed by atoms with van der Waals surface area (Å²) in [6, 6.07) is 5.35. The minimum Gasteiger partial charge on any atom is -0.408 e. The Labute approximate surface area is 214 Å². The fraction of sp³-hybridized carbons (Fsp3) is 0.333. The van der Waals surface area contributed by atoms with Crippen molar-refractivity contribution in [3.8, 4) is 0 Å². The van der Waals surface area contributed by atoms with Gasteiger partial charge >= 0.3 is 5.76 Å². The number of nitrogens with zero attached hydrogens (tertiary/aromatic N) is 5. The van der Waals surface area contributed by atoms with Crippen LogP contribution in [0.5, 0.6) is 0 Å². The number of aromatic nitrogens is 4. The molecule has 1 aliphatic rings. The van der Waals surface area contributed by atoms with Crippen LogP contribution in [0, 0.1) is 5.82 Å². The lowest BCUT2D eigenvalue weighted by molar-refractivity contribution is -0.133. The molecule has 4 heterocycles. The van der Waals surface area contributed by atoms with E-state index in [1.165, 1.54) is 10.6 Å². The highest BCUT2D eigenvalue weighted by molar-refractivity contribution is 6.00. The van der Waals surface area contributed by atoms with Gasteiger partial charge in [0.2, 0.25) is 5.91 Å². The number of piperazine rings is 1. The van der Waals surface area contributed by atoms with Crippen LogP contribution in [0.25, 0.3) is 16.7 Å². The number of hydrogen-bond donors (Lipinski definition) is 3. The lowest BCUT2D eigenvalue weighted by Crippen LogP contribution is -2.53. The molecule has 1 fully saturated rings. The van der Waals surface area contributed by atoms with Gasteiger partial charge in [0.05, 0.1) is 11.7 Å². The van der Waals surface area contributed by atoms with Gasteiger partial charge in [-0.15, -0.1) is 0 Å². The van der Waals surface area contributed by atoms with E-state index >= 15 is 0 Å². The van der Waals surface area contributed by atoms with Crippen molar-refractivity contribution in [2.45, 2.75) is 19.5 Å². The zero-order chi connectivity index (χ0) is 27.0. The van der Waals surface area contributed by atoms with Gasteiger partial charge < -0.3 is 25.3 Å². The van der Waals surface area contributed by atoms with Crippen molar-refractivity contribution in [2.75, 3.05) is 26.2 Å². The topological polar surface area (TPSA) is 156 Å². The Morgan fingerprint density at radius 3 is 2.71 bits per heavy atom. The van der Waals surface area contributed by atoms with Crippen LogP contribution in [0.15, 0.2) is 39.7 Å². The van der Waals surface area contributed by atoms with Gasteiger partial charge in [0.15, 0.2) is 17.0 Å². The molecule has 13 nitrogen and oxygen atoms in total. The summed E-state index contributed by atoms with van der Waals surface area (Å²) >= 11 is 0. The summed E-state index contributed by atoms with van der Waals surface area (Å²) in [5, 5.41) is 12.3. The van der Waals surface area contributed by atoms with Crippen molar-refractivity contribution in [1.82, 2.24) is 40.0 Å². The molecule has 1 aromatic carbocycles. The number of oxazole rings is 1. The molecule has 14 heteroatoms. The van der Waals surface area contributed by atoms with Gasteiger partial charge in [-0.2, -0.15) is 5.10 Å². The van der Waals surface area contributed by atoms with Crippen LogP contribution in [0.1, 0.15) is 33.5 Å². The van der Waals surface area contributed by atoms with Crippen LogP contribution in [0.2, 0.25) is 0 Å². The first-order valence-corrected chi connectivity index (χ1v) is 11.9. The molecule has 198 valence electrons. The van der Waals surface area contributed by atoms with Crippen LogP contribution >= 0.6 is 0 Å². The molecule has 0 unspecified atom stereocenters. The smallest absolute Gasteiger partial charge is 0.408 e. The van der Waals surface area contributed by atoms with Crippen molar-refractivity contribution < 1.29 is 23.2 Å². The molecule has 0 bridgehead atoms. The molecule has 5 rings (SSSR count). The fourth-order valence-corrected chi connectivity index (χ4v) is 4.26. The average molecular weight is 525 g/mol. The summed E-state index contributed by atoms with van der Waals surface area (Å²) in [6.07, 6.45) is 0.889. The molecule has 4 aromatic rings. The van der Waals surface area contributed by atoms with E-state index in [0.717, 1.165) is 10.7 Å². The first-order chi connectivity index (χ1) is 18.2. The minimum absolute atomic E-state index is 0.0699. The largest absolute Gasteiger partial charge is 0.419 e. The molecule has 1 saturated heterocycles. The maximum atomic E-state index is 14.4. The van der Waals surface area contributed by atoms with Crippen molar-refractivity contribution in [1.29, 1.82) is 0 Å². The number of nitrogens with one attached hydrogen (secondary N) is 3. The predicted molar refractivity (Wildman–Crippen MR) is 132 cm³/mol. The van der Waals surface area contributed by atoms with Crippen molar-refractivity contribution in [3.05, 3.63) is 63.8 Å². The number of fused-ring (bicyclic) bond motifs is 2. The normalized spacial score (nSPS) is 14.6. The van der Waals surface area contributed by atoms with Gasteiger partial charge in [0.25, 0.3) is 11.8 Å². The van der Waals surface area contributed by atoms with E-state index in [-0.39, 0.29) is 29.5 Å². The zero-order valence-corrected chi connectivity index (χ0v) is 20.7. The second-order valence-corrected chi connectivity index (χ2v) is 8.94. The highest BCUT2D eigenvalue weighted by atomic mass is 19.1. The van der Waals surface area contributed by atoms with Gasteiger partial charge in [-0.05, 0) is 24.6 Å². The second-order valence-electron chi connectivity index (χ2n) is 8.94. The van der Waals surface area contributed by atoms with Crippen LogP contribution in [0.4, 0.5) is 4.39 Å². The molecule has 3 aromatic heterocycles. The number of hydrogen-bond acceptors (Lipinski definition) is 8.